The molecular weight excluding hydrogens is 378 g/mol. The molecule has 0 aliphatic heterocycles. The predicted octanol–water partition coefficient (Wildman–Crippen LogP) is 3.19. The van der Waals surface area contributed by atoms with Gasteiger partial charge in [0.25, 0.3) is 0 Å². The smallest absolute Gasteiger partial charge is 0.213 e. The van der Waals surface area contributed by atoms with E-state index in [1.54, 1.807) is 6.07 Å². The average molecular weight is 404 g/mol. The van der Waals surface area contributed by atoms with Gasteiger partial charge in [0.15, 0.2) is 27.0 Å². The van der Waals surface area contributed by atoms with Gasteiger partial charge in [-0.2, -0.15) is 0 Å². The quantitative estimate of drug-likeness (QED) is 0.569. The van der Waals surface area contributed by atoms with Crippen molar-refractivity contribution < 1.29 is 13.2 Å². The highest BCUT2D eigenvalue weighted by Gasteiger charge is 2.22. The number of fused-ring (bicyclic) bond motifs is 1. The second-order valence-electron chi connectivity index (χ2n) is 6.65. The Balaban J connectivity index is 2.21. The molecule has 0 fully saturated rings. The zero-order valence-corrected chi connectivity index (χ0v) is 17.4. The van der Waals surface area contributed by atoms with Gasteiger partial charge in [-0.3, -0.25) is 0 Å². The van der Waals surface area contributed by atoms with Gasteiger partial charge in [-0.05, 0) is 25.8 Å². The van der Waals surface area contributed by atoms with Crippen LogP contribution in [0.5, 0.6) is 5.88 Å². The van der Waals surface area contributed by atoms with E-state index in [4.69, 9.17) is 4.74 Å². The number of ether oxygens (including phenoxy) is 1. The zero-order valence-electron chi connectivity index (χ0n) is 16.6. The van der Waals surface area contributed by atoms with Gasteiger partial charge in [0, 0.05) is 18.4 Å². The molecule has 0 aliphatic rings. The van der Waals surface area contributed by atoms with Crippen LogP contribution in [0.3, 0.4) is 0 Å². The first-order valence-electron chi connectivity index (χ1n) is 9.38. The van der Waals surface area contributed by atoms with Crippen LogP contribution in [0, 0.1) is 0 Å². The lowest BCUT2D eigenvalue weighted by atomic mass is 10.1. The van der Waals surface area contributed by atoms with E-state index in [0.717, 1.165) is 12.8 Å². The Bertz CT molecular complexity index is 1070. The summed E-state index contributed by atoms with van der Waals surface area (Å²) in [6.07, 6.45) is 4.41. The fraction of sp³-hybridized carbons (Fsp3) is 0.474. The van der Waals surface area contributed by atoms with Gasteiger partial charge in [-0.15, -0.1) is 0 Å². The molecule has 0 amide bonds. The summed E-state index contributed by atoms with van der Waals surface area (Å²) in [5.41, 5.74) is 2.13. The minimum Gasteiger partial charge on any atom is -0.478 e. The van der Waals surface area contributed by atoms with Crippen molar-refractivity contribution in [2.45, 2.75) is 45.4 Å². The van der Waals surface area contributed by atoms with Crippen molar-refractivity contribution in [2.75, 3.05) is 12.9 Å². The Hall–Kier alpha value is -2.55. The van der Waals surface area contributed by atoms with Gasteiger partial charge in [-0.25, -0.2) is 28.4 Å². The lowest BCUT2D eigenvalue weighted by Gasteiger charge is -2.18. The van der Waals surface area contributed by atoms with Crippen LogP contribution >= 0.6 is 0 Å². The Morgan fingerprint density at radius 2 is 1.86 bits per heavy atom. The standard InChI is InChI=1S/C19H25N5O3S/c1-5-14(6-2)24-18(15-9-8-10-16(22-15)27-7-3)23-17-19(24)21-13(11-20-17)12-28(4,25)26/h8-11,14H,5-7,12H2,1-4H3. The number of rotatable bonds is 8. The summed E-state index contributed by atoms with van der Waals surface area (Å²) in [6, 6.07) is 5.69. The summed E-state index contributed by atoms with van der Waals surface area (Å²) in [5.74, 6) is 1.03. The predicted molar refractivity (Wildman–Crippen MR) is 108 cm³/mol. The van der Waals surface area contributed by atoms with E-state index in [-0.39, 0.29) is 11.8 Å². The third kappa shape index (κ3) is 4.30. The van der Waals surface area contributed by atoms with Crippen molar-refractivity contribution in [2.24, 2.45) is 0 Å². The summed E-state index contributed by atoms with van der Waals surface area (Å²) >= 11 is 0. The highest BCUT2D eigenvalue weighted by Crippen LogP contribution is 2.30. The Morgan fingerprint density at radius 1 is 1.11 bits per heavy atom. The van der Waals surface area contributed by atoms with Gasteiger partial charge in [0.2, 0.25) is 5.88 Å². The summed E-state index contributed by atoms with van der Waals surface area (Å²) in [6.45, 7) is 6.63. The topological polar surface area (TPSA) is 99.9 Å². The molecule has 3 aromatic heterocycles. The van der Waals surface area contributed by atoms with Crippen LogP contribution in [0.1, 0.15) is 45.3 Å². The van der Waals surface area contributed by atoms with E-state index in [9.17, 15) is 8.42 Å². The van der Waals surface area contributed by atoms with E-state index < -0.39 is 9.84 Å². The van der Waals surface area contributed by atoms with E-state index in [1.165, 1.54) is 12.5 Å². The van der Waals surface area contributed by atoms with Crippen LogP contribution in [-0.4, -0.2) is 45.8 Å². The van der Waals surface area contributed by atoms with Crippen LogP contribution < -0.4 is 4.74 Å². The van der Waals surface area contributed by atoms with E-state index in [1.807, 2.05) is 23.6 Å². The third-order valence-corrected chi connectivity index (χ3v) is 5.24. The maximum absolute atomic E-state index is 11.7. The molecule has 3 aromatic rings. The van der Waals surface area contributed by atoms with Crippen molar-refractivity contribution in [3.8, 4) is 17.4 Å². The molecule has 9 heteroatoms. The Kier molecular flexibility index (Phi) is 5.93. The normalized spacial score (nSPS) is 12.0. The molecule has 0 aliphatic carbocycles. The molecule has 0 saturated carbocycles. The van der Waals surface area contributed by atoms with E-state index in [0.29, 0.717) is 41.0 Å². The Labute approximate surface area is 164 Å². The van der Waals surface area contributed by atoms with Crippen molar-refractivity contribution >= 4 is 21.1 Å². The van der Waals surface area contributed by atoms with Crippen molar-refractivity contribution in [3.63, 3.8) is 0 Å². The molecule has 0 atom stereocenters. The summed E-state index contributed by atoms with van der Waals surface area (Å²) in [5, 5.41) is 0. The maximum Gasteiger partial charge on any atom is 0.213 e. The minimum absolute atomic E-state index is 0.139. The van der Waals surface area contributed by atoms with Gasteiger partial charge in [0.1, 0.15) is 5.69 Å². The van der Waals surface area contributed by atoms with Crippen LogP contribution in [0.15, 0.2) is 24.4 Å². The molecule has 0 radical (unpaired) electrons. The molecule has 0 bridgehead atoms. The van der Waals surface area contributed by atoms with Crippen LogP contribution in [-0.2, 0) is 15.6 Å². The second-order valence-corrected chi connectivity index (χ2v) is 8.79. The second kappa shape index (κ2) is 8.22. The van der Waals surface area contributed by atoms with Crippen molar-refractivity contribution in [1.29, 1.82) is 0 Å². The number of sulfone groups is 1. The van der Waals surface area contributed by atoms with Gasteiger partial charge in [0.05, 0.1) is 24.3 Å². The minimum atomic E-state index is -3.21. The lowest BCUT2D eigenvalue weighted by Crippen LogP contribution is -2.11. The highest BCUT2D eigenvalue weighted by atomic mass is 32.2. The molecule has 0 spiro atoms. The molecule has 28 heavy (non-hydrogen) atoms. The number of hydrogen-bond donors (Lipinski definition) is 0. The van der Waals surface area contributed by atoms with Crippen molar-refractivity contribution in [3.05, 3.63) is 30.1 Å². The average Bonchev–Trinajstić information content (AvgIpc) is 3.01. The lowest BCUT2D eigenvalue weighted by molar-refractivity contribution is 0.327. The van der Waals surface area contributed by atoms with E-state index >= 15 is 0 Å². The monoisotopic (exact) mass is 403 g/mol. The molecule has 0 N–H and O–H groups in total. The first-order chi connectivity index (χ1) is 13.4. The number of imidazole rings is 1. The molecule has 3 heterocycles. The molecular formula is C19H25N5O3S. The fourth-order valence-electron chi connectivity index (χ4n) is 3.19. The van der Waals surface area contributed by atoms with Gasteiger partial charge >= 0.3 is 0 Å². The number of pyridine rings is 1. The first-order valence-corrected chi connectivity index (χ1v) is 11.4. The van der Waals surface area contributed by atoms with Crippen molar-refractivity contribution in [1.82, 2.24) is 24.5 Å². The third-order valence-electron chi connectivity index (χ3n) is 4.42. The first kappa shape index (κ1) is 20.2. The summed E-state index contributed by atoms with van der Waals surface area (Å²) < 4.78 is 30.9. The molecule has 0 aromatic carbocycles. The molecule has 0 unspecified atom stereocenters. The SMILES string of the molecule is CCOc1cccc(-c2nc3ncc(CS(C)(=O)=O)nc3n2C(CC)CC)n1. The Morgan fingerprint density at radius 3 is 2.50 bits per heavy atom. The molecule has 8 nitrogen and oxygen atoms in total. The van der Waals surface area contributed by atoms with Crippen LogP contribution in [0.25, 0.3) is 22.8 Å². The van der Waals surface area contributed by atoms with Gasteiger partial charge in [-0.1, -0.05) is 19.9 Å². The summed E-state index contributed by atoms with van der Waals surface area (Å²) in [7, 11) is -3.21. The van der Waals surface area contributed by atoms with Crippen LogP contribution in [0.4, 0.5) is 0 Å². The number of nitrogens with zero attached hydrogens (tertiary/aromatic N) is 5. The largest absolute Gasteiger partial charge is 0.478 e. The zero-order chi connectivity index (χ0) is 20.3. The number of aromatic nitrogens is 5. The molecule has 0 saturated heterocycles. The molecule has 3 rings (SSSR count). The summed E-state index contributed by atoms with van der Waals surface area (Å²) in [4.78, 5) is 18.2. The van der Waals surface area contributed by atoms with Crippen LogP contribution in [0.2, 0.25) is 0 Å². The van der Waals surface area contributed by atoms with E-state index in [2.05, 4.69) is 33.8 Å². The maximum atomic E-state index is 11.7. The number of hydrogen-bond acceptors (Lipinski definition) is 7. The molecule has 150 valence electrons. The van der Waals surface area contributed by atoms with Gasteiger partial charge < -0.3 is 9.30 Å². The highest BCUT2D eigenvalue weighted by molar-refractivity contribution is 7.89. The fourth-order valence-corrected chi connectivity index (χ4v) is 3.87.